The lowest BCUT2D eigenvalue weighted by Gasteiger charge is -2.50. The average Bonchev–Trinajstić information content (AvgIpc) is 2.55. The summed E-state index contributed by atoms with van der Waals surface area (Å²) < 4.78 is -0.202. The number of fused-ring (bicyclic) bond motifs is 1. The normalized spacial score (nSPS) is 25.8. The zero-order valence-electron chi connectivity index (χ0n) is 12.7. The van der Waals surface area contributed by atoms with E-state index >= 15 is 0 Å². The van der Waals surface area contributed by atoms with E-state index in [-0.39, 0.29) is 28.1 Å². The fraction of sp³-hybridized carbons (Fsp3) is 0.312. The van der Waals surface area contributed by atoms with Gasteiger partial charge in [0, 0.05) is 0 Å². The number of carboxylic acid groups (broad SMARTS) is 1. The molecule has 1 saturated heterocycles. The zero-order valence-corrected chi connectivity index (χ0v) is 15.1. The van der Waals surface area contributed by atoms with E-state index in [9.17, 15) is 19.5 Å². The molecule has 0 saturated carbocycles. The number of aliphatic carboxylic acids is 1. The van der Waals surface area contributed by atoms with Crippen LogP contribution in [-0.2, 0) is 20.8 Å². The standard InChI is InChI=1S/C16H15BrN2O4S/c1-8-12(16(22)23)19-14(21)11(15(19)24-13(8)17)18-10(20)7-9-5-3-2-4-6-9/h2-6,11,13,15H,7H2,1H3,(H,18,20)(H,22,23)/t11?,13?,15-/m0/s1. The molecule has 6 nitrogen and oxygen atoms in total. The Morgan fingerprint density at radius 1 is 1.33 bits per heavy atom. The molecule has 3 atom stereocenters. The summed E-state index contributed by atoms with van der Waals surface area (Å²) >= 11 is 4.83. The molecule has 24 heavy (non-hydrogen) atoms. The maximum absolute atomic E-state index is 12.3. The Kier molecular flexibility index (Phi) is 4.69. The number of benzene rings is 1. The van der Waals surface area contributed by atoms with Gasteiger partial charge in [-0.1, -0.05) is 46.3 Å². The summed E-state index contributed by atoms with van der Waals surface area (Å²) in [6.07, 6.45) is 0.181. The van der Waals surface area contributed by atoms with Crippen LogP contribution in [0.25, 0.3) is 0 Å². The Labute approximate surface area is 151 Å². The third kappa shape index (κ3) is 2.95. The highest BCUT2D eigenvalue weighted by molar-refractivity contribution is 9.11. The van der Waals surface area contributed by atoms with Crippen molar-refractivity contribution in [1.29, 1.82) is 0 Å². The Bertz CT molecular complexity index is 737. The van der Waals surface area contributed by atoms with Crippen molar-refractivity contribution in [2.45, 2.75) is 28.9 Å². The molecular formula is C16H15BrN2O4S. The first-order valence-electron chi connectivity index (χ1n) is 7.30. The molecule has 2 amide bonds. The van der Waals surface area contributed by atoms with Gasteiger partial charge in [0.25, 0.3) is 5.91 Å². The molecule has 1 fully saturated rings. The maximum atomic E-state index is 12.3. The fourth-order valence-corrected chi connectivity index (χ4v) is 4.89. The molecule has 1 aromatic carbocycles. The van der Waals surface area contributed by atoms with Crippen molar-refractivity contribution in [3.05, 3.63) is 47.2 Å². The number of hydrogen-bond acceptors (Lipinski definition) is 4. The van der Waals surface area contributed by atoms with Crippen LogP contribution in [0.1, 0.15) is 12.5 Å². The molecule has 0 aromatic heterocycles. The van der Waals surface area contributed by atoms with Gasteiger partial charge in [0.15, 0.2) is 0 Å². The number of β-lactam (4-membered cyclic amide) rings is 1. The van der Waals surface area contributed by atoms with Crippen molar-refractivity contribution in [2.24, 2.45) is 0 Å². The Morgan fingerprint density at radius 2 is 2.00 bits per heavy atom. The monoisotopic (exact) mass is 410 g/mol. The van der Waals surface area contributed by atoms with Gasteiger partial charge < -0.3 is 10.4 Å². The summed E-state index contributed by atoms with van der Waals surface area (Å²) in [6.45, 7) is 1.68. The summed E-state index contributed by atoms with van der Waals surface area (Å²) in [7, 11) is 0. The van der Waals surface area contributed by atoms with E-state index in [1.165, 1.54) is 16.7 Å². The maximum Gasteiger partial charge on any atom is 0.352 e. The predicted octanol–water partition coefficient (Wildman–Crippen LogP) is 1.71. The van der Waals surface area contributed by atoms with E-state index < -0.39 is 17.4 Å². The number of alkyl halides is 1. The van der Waals surface area contributed by atoms with Gasteiger partial charge in [-0.2, -0.15) is 0 Å². The average molecular weight is 411 g/mol. The van der Waals surface area contributed by atoms with Crippen LogP contribution < -0.4 is 5.32 Å². The predicted molar refractivity (Wildman–Crippen MR) is 93.4 cm³/mol. The minimum Gasteiger partial charge on any atom is -0.477 e. The number of carbonyl (C=O) groups is 3. The number of halogens is 1. The number of carboxylic acids is 1. The number of hydrogen-bond donors (Lipinski definition) is 2. The van der Waals surface area contributed by atoms with Crippen LogP contribution in [0.15, 0.2) is 41.6 Å². The van der Waals surface area contributed by atoms with Crippen molar-refractivity contribution in [1.82, 2.24) is 10.2 Å². The van der Waals surface area contributed by atoms with Crippen molar-refractivity contribution < 1.29 is 19.5 Å². The molecule has 126 valence electrons. The van der Waals surface area contributed by atoms with Crippen LogP contribution in [0.5, 0.6) is 0 Å². The first-order chi connectivity index (χ1) is 11.4. The third-order valence-corrected chi connectivity index (χ3v) is 6.67. The molecule has 0 bridgehead atoms. The van der Waals surface area contributed by atoms with Crippen LogP contribution >= 0.6 is 27.7 Å². The highest BCUT2D eigenvalue weighted by Gasteiger charge is 2.55. The first-order valence-corrected chi connectivity index (χ1v) is 9.16. The molecule has 0 aliphatic carbocycles. The molecule has 0 radical (unpaired) electrons. The van der Waals surface area contributed by atoms with Gasteiger partial charge in [0.1, 0.15) is 17.1 Å². The van der Waals surface area contributed by atoms with Gasteiger partial charge in [-0.3, -0.25) is 14.5 Å². The second kappa shape index (κ2) is 6.60. The van der Waals surface area contributed by atoms with Crippen molar-refractivity contribution in [2.75, 3.05) is 0 Å². The molecule has 0 spiro atoms. The largest absolute Gasteiger partial charge is 0.477 e. The minimum atomic E-state index is -1.13. The second-order valence-corrected chi connectivity index (χ2v) is 8.34. The molecule has 8 heteroatoms. The fourth-order valence-electron chi connectivity index (χ4n) is 2.77. The van der Waals surface area contributed by atoms with Gasteiger partial charge in [-0.15, -0.1) is 11.8 Å². The van der Waals surface area contributed by atoms with Gasteiger partial charge in [-0.05, 0) is 18.1 Å². The van der Waals surface area contributed by atoms with Crippen molar-refractivity contribution in [3.63, 3.8) is 0 Å². The Balaban J connectivity index is 1.71. The highest BCUT2D eigenvalue weighted by Crippen LogP contribution is 2.46. The van der Waals surface area contributed by atoms with E-state index in [0.29, 0.717) is 5.57 Å². The van der Waals surface area contributed by atoms with Crippen LogP contribution in [0.3, 0.4) is 0 Å². The van der Waals surface area contributed by atoms with Gasteiger partial charge in [0.05, 0.1) is 10.6 Å². The number of carbonyl (C=O) groups excluding carboxylic acids is 2. The topological polar surface area (TPSA) is 86.7 Å². The van der Waals surface area contributed by atoms with E-state index in [1.54, 1.807) is 6.92 Å². The third-order valence-electron chi connectivity index (χ3n) is 3.98. The van der Waals surface area contributed by atoms with Gasteiger partial charge in [0.2, 0.25) is 5.91 Å². The lowest BCUT2D eigenvalue weighted by atomic mass is 10.0. The molecule has 2 aliphatic heterocycles. The summed E-state index contributed by atoms with van der Waals surface area (Å²) in [5, 5.41) is 11.7. The second-order valence-electron chi connectivity index (χ2n) is 5.60. The van der Waals surface area contributed by atoms with E-state index in [2.05, 4.69) is 21.2 Å². The molecule has 3 rings (SSSR count). The van der Waals surface area contributed by atoms with Crippen LogP contribution in [-0.4, -0.2) is 43.4 Å². The highest BCUT2D eigenvalue weighted by atomic mass is 79.9. The van der Waals surface area contributed by atoms with E-state index in [0.717, 1.165) is 5.56 Å². The Morgan fingerprint density at radius 3 is 2.62 bits per heavy atom. The number of nitrogens with one attached hydrogen (secondary N) is 1. The smallest absolute Gasteiger partial charge is 0.352 e. The molecule has 2 aliphatic rings. The van der Waals surface area contributed by atoms with E-state index in [4.69, 9.17) is 0 Å². The number of thioether (sulfide) groups is 1. The van der Waals surface area contributed by atoms with Gasteiger partial charge >= 0.3 is 5.97 Å². The SMILES string of the molecule is CC1=C(C(=O)O)N2C(=O)C(NC(=O)Cc3ccccc3)[C@@H]2SC1Br. The number of amides is 2. The summed E-state index contributed by atoms with van der Waals surface area (Å²) in [5.74, 6) is -1.77. The van der Waals surface area contributed by atoms with Crippen molar-refractivity contribution >= 4 is 45.5 Å². The summed E-state index contributed by atoms with van der Waals surface area (Å²) in [4.78, 5) is 37.2. The molecule has 2 unspecified atom stereocenters. The first kappa shape index (κ1) is 17.0. The molecule has 2 heterocycles. The summed E-state index contributed by atoms with van der Waals surface area (Å²) in [6, 6.07) is 8.54. The lowest BCUT2D eigenvalue weighted by Crippen LogP contribution is -2.71. The van der Waals surface area contributed by atoms with Crippen LogP contribution in [0.4, 0.5) is 0 Å². The van der Waals surface area contributed by atoms with Crippen LogP contribution in [0.2, 0.25) is 0 Å². The summed E-state index contributed by atoms with van der Waals surface area (Å²) in [5.41, 5.74) is 1.45. The minimum absolute atomic E-state index is 0.000756. The number of rotatable bonds is 4. The van der Waals surface area contributed by atoms with Crippen LogP contribution in [0, 0.1) is 0 Å². The zero-order chi connectivity index (χ0) is 17.4. The van der Waals surface area contributed by atoms with Crippen molar-refractivity contribution in [3.8, 4) is 0 Å². The molecule has 1 aromatic rings. The quantitative estimate of drug-likeness (QED) is 0.582. The number of nitrogens with zero attached hydrogens (tertiary/aromatic N) is 1. The molecular weight excluding hydrogens is 396 g/mol. The van der Waals surface area contributed by atoms with Gasteiger partial charge in [-0.25, -0.2) is 4.79 Å². The Hall–Kier alpha value is -1.80. The molecule has 2 N–H and O–H groups in total. The van der Waals surface area contributed by atoms with E-state index in [1.807, 2.05) is 30.3 Å². The lowest BCUT2D eigenvalue weighted by molar-refractivity contribution is -0.150.